The quantitative estimate of drug-likeness (QED) is 0.778. The Kier molecular flexibility index (Phi) is 4.71. The summed E-state index contributed by atoms with van der Waals surface area (Å²) < 4.78 is 0. The molecule has 4 heteroatoms. The van der Waals surface area contributed by atoms with Crippen LogP contribution in [0, 0.1) is 11.8 Å². The predicted molar refractivity (Wildman–Crippen MR) is 96.7 cm³/mol. The van der Waals surface area contributed by atoms with Crippen LogP contribution in [0.4, 0.5) is 0 Å². The number of rotatable bonds is 7. The minimum absolute atomic E-state index is 0.0545. The molecule has 1 amide bonds. The van der Waals surface area contributed by atoms with Gasteiger partial charge < -0.3 is 10.2 Å². The lowest BCUT2D eigenvalue weighted by Crippen LogP contribution is -2.48. The van der Waals surface area contributed by atoms with Gasteiger partial charge in [0.1, 0.15) is 5.78 Å². The van der Waals surface area contributed by atoms with E-state index in [2.05, 4.69) is 17.4 Å². The molecule has 1 aliphatic carbocycles. The highest BCUT2D eigenvalue weighted by molar-refractivity contribution is 5.88. The molecule has 25 heavy (non-hydrogen) atoms. The zero-order valence-corrected chi connectivity index (χ0v) is 14.6. The van der Waals surface area contributed by atoms with Crippen LogP contribution >= 0.6 is 0 Å². The Balaban J connectivity index is 1.35. The molecular weight excluding hydrogens is 312 g/mol. The number of ketones is 1. The van der Waals surface area contributed by atoms with E-state index in [1.807, 2.05) is 23.1 Å². The molecule has 132 valence electrons. The van der Waals surface area contributed by atoms with Crippen LogP contribution in [0.3, 0.4) is 0 Å². The summed E-state index contributed by atoms with van der Waals surface area (Å²) in [6, 6.07) is 8.28. The lowest BCUT2D eigenvalue weighted by Gasteiger charge is -2.27. The summed E-state index contributed by atoms with van der Waals surface area (Å²) in [5.41, 5.74) is 2.48. The van der Waals surface area contributed by atoms with E-state index in [4.69, 9.17) is 0 Å². The molecule has 0 spiro atoms. The average Bonchev–Trinajstić information content (AvgIpc) is 3.25. The molecular formula is C21H26N2O2. The first-order chi connectivity index (χ1) is 12.2. The Morgan fingerprint density at radius 2 is 1.84 bits per heavy atom. The van der Waals surface area contributed by atoms with Crippen molar-refractivity contribution in [3.8, 4) is 0 Å². The summed E-state index contributed by atoms with van der Waals surface area (Å²) in [7, 11) is 0. The molecule has 0 radical (unpaired) electrons. The number of nitrogens with zero attached hydrogens (tertiary/aromatic N) is 1. The van der Waals surface area contributed by atoms with Crippen molar-refractivity contribution in [3.63, 3.8) is 0 Å². The van der Waals surface area contributed by atoms with Crippen molar-refractivity contribution in [1.29, 1.82) is 0 Å². The van der Waals surface area contributed by atoms with Gasteiger partial charge in [0.2, 0.25) is 5.91 Å². The topological polar surface area (TPSA) is 49.4 Å². The molecule has 0 aromatic heterocycles. The van der Waals surface area contributed by atoms with Gasteiger partial charge in [0.05, 0.1) is 6.04 Å². The maximum Gasteiger partial charge on any atom is 0.246 e. The van der Waals surface area contributed by atoms with E-state index in [1.165, 1.54) is 24.0 Å². The minimum atomic E-state index is 0.0545. The molecule has 1 saturated heterocycles. The van der Waals surface area contributed by atoms with Gasteiger partial charge in [-0.05, 0) is 48.4 Å². The SMILES string of the molecule is O=C(C[C@H](/C=C/C(=O)N1Cc2ccccc2C1)CC1CC1)[C@@H]1CCN1. The molecule has 0 unspecified atom stereocenters. The molecule has 1 saturated carbocycles. The highest BCUT2D eigenvalue weighted by Gasteiger charge is 2.30. The first-order valence-corrected chi connectivity index (χ1v) is 9.49. The number of carbonyl (C=O) groups is 2. The van der Waals surface area contributed by atoms with E-state index in [1.54, 1.807) is 6.08 Å². The van der Waals surface area contributed by atoms with Gasteiger partial charge in [0, 0.05) is 19.5 Å². The van der Waals surface area contributed by atoms with Gasteiger partial charge in [-0.1, -0.05) is 43.2 Å². The highest BCUT2D eigenvalue weighted by atomic mass is 16.2. The Morgan fingerprint density at radius 1 is 1.16 bits per heavy atom. The summed E-state index contributed by atoms with van der Waals surface area (Å²) in [6.45, 7) is 2.34. The predicted octanol–water partition coefficient (Wildman–Crippen LogP) is 2.82. The van der Waals surface area contributed by atoms with E-state index in [-0.39, 0.29) is 17.9 Å². The number of fused-ring (bicyclic) bond motifs is 1. The Bertz CT molecular complexity index is 664. The summed E-state index contributed by atoms with van der Waals surface area (Å²) in [5, 5.41) is 3.19. The molecule has 1 aromatic rings. The summed E-state index contributed by atoms with van der Waals surface area (Å²) in [4.78, 5) is 26.7. The second-order valence-corrected chi connectivity index (χ2v) is 7.73. The van der Waals surface area contributed by atoms with Crippen molar-refractivity contribution in [3.05, 3.63) is 47.5 Å². The van der Waals surface area contributed by atoms with E-state index < -0.39 is 0 Å². The number of amides is 1. The van der Waals surface area contributed by atoms with Gasteiger partial charge in [0.25, 0.3) is 0 Å². The number of hydrogen-bond acceptors (Lipinski definition) is 3. The van der Waals surface area contributed by atoms with Gasteiger partial charge in [-0.3, -0.25) is 9.59 Å². The normalized spacial score (nSPS) is 23.4. The average molecular weight is 338 g/mol. The fourth-order valence-electron chi connectivity index (χ4n) is 3.79. The van der Waals surface area contributed by atoms with Crippen molar-refractivity contribution in [2.45, 2.75) is 51.2 Å². The van der Waals surface area contributed by atoms with Crippen molar-refractivity contribution in [1.82, 2.24) is 10.2 Å². The summed E-state index contributed by atoms with van der Waals surface area (Å²) in [6.07, 6.45) is 8.83. The van der Waals surface area contributed by atoms with Gasteiger partial charge in [-0.2, -0.15) is 0 Å². The molecule has 1 N–H and O–H groups in total. The summed E-state index contributed by atoms with van der Waals surface area (Å²) >= 11 is 0. The lowest BCUT2D eigenvalue weighted by molar-refractivity contribution is -0.127. The Morgan fingerprint density at radius 3 is 2.40 bits per heavy atom. The van der Waals surface area contributed by atoms with Gasteiger partial charge in [0.15, 0.2) is 0 Å². The number of benzene rings is 1. The molecule has 4 rings (SSSR count). The van der Waals surface area contributed by atoms with Crippen LogP contribution < -0.4 is 5.32 Å². The smallest absolute Gasteiger partial charge is 0.246 e. The molecule has 1 aromatic carbocycles. The molecule has 2 heterocycles. The van der Waals surface area contributed by atoms with E-state index >= 15 is 0 Å². The van der Waals surface area contributed by atoms with Crippen molar-refractivity contribution in [2.24, 2.45) is 11.8 Å². The van der Waals surface area contributed by atoms with Crippen molar-refractivity contribution < 1.29 is 9.59 Å². The van der Waals surface area contributed by atoms with Crippen LogP contribution in [0.15, 0.2) is 36.4 Å². The third kappa shape index (κ3) is 4.01. The van der Waals surface area contributed by atoms with Gasteiger partial charge in [-0.25, -0.2) is 0 Å². The summed E-state index contributed by atoms with van der Waals surface area (Å²) in [5.74, 6) is 1.33. The second-order valence-electron chi connectivity index (χ2n) is 7.73. The molecule has 2 aliphatic heterocycles. The van der Waals surface area contributed by atoms with Crippen LogP contribution in [0.2, 0.25) is 0 Å². The minimum Gasteiger partial charge on any atom is -0.330 e. The maximum atomic E-state index is 12.5. The first kappa shape index (κ1) is 16.5. The second kappa shape index (κ2) is 7.12. The Hall–Kier alpha value is -1.94. The molecule has 2 atom stereocenters. The monoisotopic (exact) mass is 338 g/mol. The standard InChI is InChI=1S/C21H26N2O2/c24-20(19-9-10-22-19)12-16(11-15-5-6-15)7-8-21(25)23-13-17-3-1-2-4-18(17)14-23/h1-4,7-8,15-16,19,22H,5-6,9-14H2/b8-7+/t16-,19+/m1/s1. The number of nitrogens with one attached hydrogen (secondary N) is 1. The molecule has 4 nitrogen and oxygen atoms in total. The van der Waals surface area contributed by atoms with Gasteiger partial charge in [-0.15, -0.1) is 0 Å². The van der Waals surface area contributed by atoms with Crippen LogP contribution in [-0.4, -0.2) is 29.2 Å². The van der Waals surface area contributed by atoms with Crippen LogP contribution in [0.1, 0.15) is 43.2 Å². The number of allylic oxidation sites excluding steroid dienone is 1. The number of Topliss-reactive ketones (excluding diaryl/α,β-unsaturated/α-hetero) is 1. The van der Waals surface area contributed by atoms with Crippen molar-refractivity contribution in [2.75, 3.05) is 6.54 Å². The van der Waals surface area contributed by atoms with Crippen LogP contribution in [0.5, 0.6) is 0 Å². The highest BCUT2D eigenvalue weighted by Crippen LogP contribution is 2.37. The lowest BCUT2D eigenvalue weighted by atomic mass is 9.90. The third-order valence-corrected chi connectivity index (χ3v) is 5.67. The van der Waals surface area contributed by atoms with E-state index in [0.29, 0.717) is 25.3 Å². The molecule has 2 fully saturated rings. The third-order valence-electron chi connectivity index (χ3n) is 5.67. The molecule has 3 aliphatic rings. The van der Waals surface area contributed by atoms with E-state index in [9.17, 15) is 9.59 Å². The fourth-order valence-corrected chi connectivity index (χ4v) is 3.79. The van der Waals surface area contributed by atoms with Crippen molar-refractivity contribution >= 4 is 11.7 Å². The fraction of sp³-hybridized carbons (Fsp3) is 0.524. The first-order valence-electron chi connectivity index (χ1n) is 9.49. The Labute approximate surface area is 149 Å². The van der Waals surface area contributed by atoms with E-state index in [0.717, 1.165) is 25.3 Å². The van der Waals surface area contributed by atoms with Crippen LogP contribution in [0.25, 0.3) is 0 Å². The van der Waals surface area contributed by atoms with Gasteiger partial charge >= 0.3 is 0 Å². The largest absolute Gasteiger partial charge is 0.330 e. The number of hydrogen-bond donors (Lipinski definition) is 1. The molecule has 0 bridgehead atoms. The zero-order chi connectivity index (χ0) is 17.2. The van der Waals surface area contributed by atoms with Crippen LogP contribution in [-0.2, 0) is 22.7 Å². The maximum absolute atomic E-state index is 12.5. The number of carbonyl (C=O) groups excluding carboxylic acids is 2. The zero-order valence-electron chi connectivity index (χ0n) is 14.6.